The second-order valence-corrected chi connectivity index (χ2v) is 8.12. The summed E-state index contributed by atoms with van der Waals surface area (Å²) >= 11 is 0. The summed E-state index contributed by atoms with van der Waals surface area (Å²) in [6.07, 6.45) is 4.57. The Labute approximate surface area is 188 Å². The molecule has 0 aromatic heterocycles. The van der Waals surface area contributed by atoms with Gasteiger partial charge in [-0.2, -0.15) is 0 Å². The first-order valence-electron chi connectivity index (χ1n) is 11.5. The Hall–Kier alpha value is -1.22. The van der Waals surface area contributed by atoms with Crippen LogP contribution >= 0.6 is 0 Å². The molecule has 0 saturated heterocycles. The lowest BCUT2D eigenvalue weighted by molar-refractivity contribution is -0.151. The number of hydrogen-bond acceptors (Lipinski definition) is 8. The highest BCUT2D eigenvalue weighted by atomic mass is 16.6. The van der Waals surface area contributed by atoms with E-state index in [2.05, 4.69) is 13.8 Å². The van der Waals surface area contributed by atoms with Gasteiger partial charge in [0.15, 0.2) is 0 Å². The minimum Gasteiger partial charge on any atom is -0.463 e. The monoisotopic (exact) mass is 448 g/mol. The van der Waals surface area contributed by atoms with Crippen molar-refractivity contribution in [2.24, 2.45) is 5.41 Å². The molecule has 0 radical (unpaired) electrons. The maximum absolute atomic E-state index is 12.0. The minimum atomic E-state index is -0.546. The molecular weight excluding hydrogens is 404 g/mol. The van der Waals surface area contributed by atoms with Crippen molar-refractivity contribution in [3.8, 4) is 0 Å². The summed E-state index contributed by atoms with van der Waals surface area (Å²) in [5.41, 5.74) is -0.546. The van der Waals surface area contributed by atoms with Gasteiger partial charge < -0.3 is 28.4 Å². The molecule has 0 unspecified atom stereocenters. The van der Waals surface area contributed by atoms with Gasteiger partial charge in [-0.1, -0.05) is 40.5 Å². The van der Waals surface area contributed by atoms with E-state index in [4.69, 9.17) is 28.4 Å². The molecule has 8 nitrogen and oxygen atoms in total. The van der Waals surface area contributed by atoms with Gasteiger partial charge in [-0.25, -0.2) is 0 Å². The van der Waals surface area contributed by atoms with Crippen molar-refractivity contribution in [3.63, 3.8) is 0 Å². The number of ether oxygens (including phenoxy) is 6. The number of rotatable bonds is 22. The molecule has 8 heteroatoms. The Balaban J connectivity index is 3.67. The van der Waals surface area contributed by atoms with Crippen LogP contribution < -0.4 is 0 Å². The molecule has 0 aromatic rings. The van der Waals surface area contributed by atoms with Gasteiger partial charge >= 0.3 is 11.9 Å². The van der Waals surface area contributed by atoms with Gasteiger partial charge in [0.25, 0.3) is 0 Å². The Morgan fingerprint density at radius 2 is 0.871 bits per heavy atom. The largest absolute Gasteiger partial charge is 0.463 e. The molecule has 0 aromatic carbocycles. The first kappa shape index (κ1) is 29.8. The van der Waals surface area contributed by atoms with Crippen LogP contribution in [0.1, 0.15) is 66.2 Å². The van der Waals surface area contributed by atoms with E-state index in [0.717, 1.165) is 38.9 Å². The van der Waals surface area contributed by atoms with E-state index in [1.54, 1.807) is 0 Å². The van der Waals surface area contributed by atoms with Gasteiger partial charge in [0.2, 0.25) is 0 Å². The third-order valence-corrected chi connectivity index (χ3v) is 4.26. The Kier molecular flexibility index (Phi) is 19.9. The molecule has 0 saturated carbocycles. The van der Waals surface area contributed by atoms with E-state index in [0.29, 0.717) is 39.6 Å². The molecule has 0 atom stereocenters. The zero-order chi connectivity index (χ0) is 23.2. The van der Waals surface area contributed by atoms with Crippen molar-refractivity contribution < 1.29 is 38.0 Å². The summed E-state index contributed by atoms with van der Waals surface area (Å²) in [6, 6.07) is 0. The number of carbonyl (C=O) groups is 2. The van der Waals surface area contributed by atoms with Crippen molar-refractivity contribution in [2.75, 3.05) is 66.1 Å². The summed E-state index contributed by atoms with van der Waals surface area (Å²) in [5.74, 6) is -0.709. The summed E-state index contributed by atoms with van der Waals surface area (Å²) in [5, 5.41) is 0. The number of carbonyl (C=O) groups excluding carboxylic acids is 2. The highest BCUT2D eigenvalue weighted by Crippen LogP contribution is 2.26. The average Bonchev–Trinajstić information content (AvgIpc) is 2.70. The maximum Gasteiger partial charge on any atom is 0.306 e. The predicted octanol–water partition coefficient (Wildman–Crippen LogP) is 3.55. The maximum atomic E-state index is 12.0. The van der Waals surface area contributed by atoms with E-state index in [9.17, 15) is 9.59 Å². The fourth-order valence-electron chi connectivity index (χ4n) is 2.51. The smallest absolute Gasteiger partial charge is 0.306 e. The Morgan fingerprint density at radius 1 is 0.548 bits per heavy atom. The van der Waals surface area contributed by atoms with E-state index in [-0.39, 0.29) is 38.0 Å². The molecule has 0 spiro atoms. The van der Waals surface area contributed by atoms with E-state index >= 15 is 0 Å². The SMILES string of the molecule is CCCCOCCOCCOC(=O)CC(C)(C)CC(=O)OCCOCCOCCCC. The molecule has 0 aliphatic heterocycles. The van der Waals surface area contributed by atoms with Crippen LogP contribution in [0.2, 0.25) is 0 Å². The summed E-state index contributed by atoms with van der Waals surface area (Å²) in [4.78, 5) is 24.0. The van der Waals surface area contributed by atoms with Crippen LogP contribution in [0, 0.1) is 5.41 Å². The molecule has 0 rings (SSSR count). The summed E-state index contributed by atoms with van der Waals surface area (Å²) < 4.78 is 31.8. The fourth-order valence-corrected chi connectivity index (χ4v) is 2.51. The highest BCUT2D eigenvalue weighted by molar-refractivity contribution is 5.74. The number of hydrogen-bond donors (Lipinski definition) is 0. The molecule has 0 amide bonds. The molecule has 0 N–H and O–H groups in total. The fraction of sp³-hybridized carbons (Fsp3) is 0.913. The van der Waals surface area contributed by atoms with E-state index in [1.165, 1.54) is 0 Å². The molecule has 31 heavy (non-hydrogen) atoms. The quantitative estimate of drug-likeness (QED) is 0.183. The van der Waals surface area contributed by atoms with Gasteiger partial charge in [-0.05, 0) is 18.3 Å². The minimum absolute atomic E-state index is 0.133. The summed E-state index contributed by atoms with van der Waals surface area (Å²) in [7, 11) is 0. The van der Waals surface area contributed by atoms with Crippen LogP contribution in [0.4, 0.5) is 0 Å². The molecule has 0 heterocycles. The van der Waals surface area contributed by atoms with Crippen molar-refractivity contribution in [3.05, 3.63) is 0 Å². The number of esters is 2. The van der Waals surface area contributed by atoms with Crippen LogP contribution in [0.25, 0.3) is 0 Å². The molecule has 0 aliphatic rings. The molecule has 184 valence electrons. The lowest BCUT2D eigenvalue weighted by Gasteiger charge is -2.22. The predicted molar refractivity (Wildman–Crippen MR) is 118 cm³/mol. The van der Waals surface area contributed by atoms with Crippen molar-refractivity contribution >= 4 is 11.9 Å². The third kappa shape index (κ3) is 21.8. The van der Waals surface area contributed by atoms with Gasteiger partial charge in [0.05, 0.1) is 52.5 Å². The van der Waals surface area contributed by atoms with Crippen LogP contribution in [-0.2, 0) is 38.0 Å². The Bertz CT molecular complexity index is 401. The van der Waals surface area contributed by atoms with Crippen LogP contribution in [0.15, 0.2) is 0 Å². The van der Waals surface area contributed by atoms with Crippen molar-refractivity contribution in [1.82, 2.24) is 0 Å². The first-order valence-corrected chi connectivity index (χ1v) is 11.5. The van der Waals surface area contributed by atoms with Gasteiger partial charge in [-0.15, -0.1) is 0 Å². The standard InChI is InChI=1S/C23H44O8/c1-5-7-9-26-11-13-28-15-17-30-21(24)19-23(3,4)20-22(25)31-18-16-29-14-12-27-10-8-6-2/h5-20H2,1-4H3. The van der Waals surface area contributed by atoms with Crippen molar-refractivity contribution in [2.45, 2.75) is 66.2 Å². The second kappa shape index (κ2) is 20.7. The lowest BCUT2D eigenvalue weighted by atomic mass is 9.86. The van der Waals surface area contributed by atoms with Crippen molar-refractivity contribution in [1.29, 1.82) is 0 Å². The highest BCUT2D eigenvalue weighted by Gasteiger charge is 2.27. The van der Waals surface area contributed by atoms with Gasteiger partial charge in [0, 0.05) is 13.2 Å². The second-order valence-electron chi connectivity index (χ2n) is 8.12. The van der Waals surface area contributed by atoms with Gasteiger partial charge in [-0.3, -0.25) is 9.59 Å². The third-order valence-electron chi connectivity index (χ3n) is 4.26. The number of unbranched alkanes of at least 4 members (excludes halogenated alkanes) is 2. The molecular formula is C23H44O8. The Morgan fingerprint density at radius 3 is 1.23 bits per heavy atom. The normalized spacial score (nSPS) is 11.5. The topological polar surface area (TPSA) is 89.5 Å². The van der Waals surface area contributed by atoms with Crippen LogP contribution in [0.3, 0.4) is 0 Å². The average molecular weight is 449 g/mol. The zero-order valence-electron chi connectivity index (χ0n) is 20.1. The first-order chi connectivity index (χ1) is 14.9. The molecule has 0 fully saturated rings. The van der Waals surface area contributed by atoms with Crippen LogP contribution in [-0.4, -0.2) is 78.0 Å². The molecule has 0 aliphatic carbocycles. The lowest BCUT2D eigenvalue weighted by Crippen LogP contribution is -2.25. The summed E-state index contributed by atoms with van der Waals surface area (Å²) in [6.45, 7) is 12.5. The van der Waals surface area contributed by atoms with E-state index in [1.807, 2.05) is 13.8 Å². The van der Waals surface area contributed by atoms with Gasteiger partial charge in [0.1, 0.15) is 13.2 Å². The zero-order valence-corrected chi connectivity index (χ0v) is 20.1. The molecule has 0 bridgehead atoms. The van der Waals surface area contributed by atoms with Crippen LogP contribution in [0.5, 0.6) is 0 Å². The van der Waals surface area contributed by atoms with E-state index < -0.39 is 5.41 Å².